The topological polar surface area (TPSA) is 95.1 Å². The van der Waals surface area contributed by atoms with Gasteiger partial charge < -0.3 is 14.7 Å². The quantitative estimate of drug-likeness (QED) is 0.785. The fraction of sp³-hybridized carbons (Fsp3) is 0.133. The number of benzene rings is 1. The van der Waals surface area contributed by atoms with Crippen LogP contribution in [0.4, 0.5) is 0 Å². The van der Waals surface area contributed by atoms with Crippen molar-refractivity contribution >= 4 is 0 Å². The second-order valence-corrected chi connectivity index (χ2v) is 4.60. The number of nitrogens with zero attached hydrogens (tertiary/aromatic N) is 3. The summed E-state index contributed by atoms with van der Waals surface area (Å²) >= 11 is 0. The van der Waals surface area contributed by atoms with Crippen molar-refractivity contribution in [3.8, 4) is 28.7 Å². The van der Waals surface area contributed by atoms with Crippen molar-refractivity contribution in [2.24, 2.45) is 0 Å². The average Bonchev–Trinajstić information content (AvgIpc) is 2.99. The molecule has 2 aromatic heterocycles. The molecule has 106 valence electrons. The predicted octanol–water partition coefficient (Wildman–Crippen LogP) is 1.67. The highest BCUT2D eigenvalue weighted by molar-refractivity contribution is 5.65. The van der Waals surface area contributed by atoms with E-state index in [1.54, 1.807) is 36.5 Å². The first-order valence-corrected chi connectivity index (χ1v) is 6.35. The second-order valence-electron chi connectivity index (χ2n) is 4.60. The molecule has 6 nitrogen and oxygen atoms in total. The Morgan fingerprint density at radius 3 is 2.95 bits per heavy atom. The second kappa shape index (κ2) is 5.34. The minimum atomic E-state index is -0.414. The maximum atomic E-state index is 11.1. The molecule has 3 aromatic rings. The Kier molecular flexibility index (Phi) is 3.37. The van der Waals surface area contributed by atoms with Crippen LogP contribution in [0.1, 0.15) is 11.1 Å². The Labute approximate surface area is 120 Å². The number of aromatic hydroxyl groups is 1. The first-order chi connectivity index (χ1) is 10.2. The van der Waals surface area contributed by atoms with Crippen LogP contribution in [0.15, 0.2) is 41.1 Å². The highest BCUT2D eigenvalue weighted by Crippen LogP contribution is 2.30. The molecule has 1 aromatic carbocycles. The summed E-state index contributed by atoms with van der Waals surface area (Å²) in [5.74, 6) is 0.479. The van der Waals surface area contributed by atoms with E-state index in [4.69, 9.17) is 4.52 Å². The lowest BCUT2D eigenvalue weighted by atomic mass is 10.1. The number of aryl methyl sites for hydroxylation is 1. The highest BCUT2D eigenvalue weighted by atomic mass is 16.5. The molecule has 0 aliphatic carbocycles. The summed E-state index contributed by atoms with van der Waals surface area (Å²) in [6.45, 7) is 1.48. The largest absolute Gasteiger partial charge is 0.851 e. The first-order valence-electron chi connectivity index (χ1n) is 6.35. The fourth-order valence-electron chi connectivity index (χ4n) is 2.01. The van der Waals surface area contributed by atoms with Crippen molar-refractivity contribution in [2.75, 3.05) is 0 Å². The van der Waals surface area contributed by atoms with Gasteiger partial charge in [0.05, 0.1) is 5.56 Å². The fourth-order valence-corrected chi connectivity index (χ4v) is 2.01. The number of phenols is 1. The molecule has 0 bridgehead atoms. The van der Waals surface area contributed by atoms with Crippen LogP contribution in [-0.4, -0.2) is 20.2 Å². The summed E-state index contributed by atoms with van der Waals surface area (Å²) in [5.41, 5.74) is 2.31. The van der Waals surface area contributed by atoms with Crippen LogP contribution in [0, 0.1) is 6.92 Å². The van der Waals surface area contributed by atoms with Crippen LogP contribution in [0.3, 0.4) is 0 Å². The van der Waals surface area contributed by atoms with Gasteiger partial charge in [0, 0.05) is 6.20 Å². The summed E-state index contributed by atoms with van der Waals surface area (Å²) in [7, 11) is 0. The van der Waals surface area contributed by atoms with E-state index in [-0.39, 0.29) is 17.5 Å². The Balaban J connectivity index is 2.06. The minimum absolute atomic E-state index is 0.0564. The summed E-state index contributed by atoms with van der Waals surface area (Å²) in [5, 5.41) is 24.9. The van der Waals surface area contributed by atoms with E-state index >= 15 is 0 Å². The van der Waals surface area contributed by atoms with Crippen LogP contribution in [-0.2, 0) is 6.61 Å². The number of aromatic nitrogens is 3. The van der Waals surface area contributed by atoms with Crippen molar-refractivity contribution in [3.63, 3.8) is 0 Å². The van der Waals surface area contributed by atoms with Gasteiger partial charge in [-0.3, -0.25) is 4.98 Å². The van der Waals surface area contributed by atoms with Crippen molar-refractivity contribution in [1.82, 2.24) is 15.1 Å². The zero-order valence-electron chi connectivity index (χ0n) is 11.3. The molecule has 0 atom stereocenters. The molecule has 0 saturated carbocycles. The smallest absolute Gasteiger partial charge is 0.262 e. The highest BCUT2D eigenvalue weighted by Gasteiger charge is 2.16. The van der Waals surface area contributed by atoms with Crippen molar-refractivity contribution < 1.29 is 14.7 Å². The SMILES string of the molecule is Cc1ccc(O)c(-c2nc(-c3ncccc3C[O-])no2)c1. The maximum Gasteiger partial charge on any atom is 0.262 e. The summed E-state index contributed by atoms with van der Waals surface area (Å²) in [4.78, 5) is 8.34. The molecule has 0 aliphatic heterocycles. The van der Waals surface area contributed by atoms with E-state index in [9.17, 15) is 10.2 Å². The lowest BCUT2D eigenvalue weighted by Crippen LogP contribution is -2.05. The van der Waals surface area contributed by atoms with E-state index in [0.29, 0.717) is 16.8 Å². The Hall–Kier alpha value is -2.73. The van der Waals surface area contributed by atoms with Gasteiger partial charge in [0.15, 0.2) is 0 Å². The van der Waals surface area contributed by atoms with Gasteiger partial charge in [0.25, 0.3) is 5.89 Å². The van der Waals surface area contributed by atoms with Crippen LogP contribution in [0.2, 0.25) is 0 Å². The third-order valence-corrected chi connectivity index (χ3v) is 3.07. The number of pyridine rings is 1. The number of rotatable bonds is 3. The minimum Gasteiger partial charge on any atom is -0.851 e. The third-order valence-electron chi connectivity index (χ3n) is 3.07. The van der Waals surface area contributed by atoms with Gasteiger partial charge in [0.1, 0.15) is 11.4 Å². The van der Waals surface area contributed by atoms with E-state index in [1.807, 2.05) is 6.92 Å². The Morgan fingerprint density at radius 2 is 2.14 bits per heavy atom. The van der Waals surface area contributed by atoms with Crippen molar-refractivity contribution in [3.05, 3.63) is 47.7 Å². The molecule has 0 fully saturated rings. The zero-order chi connectivity index (χ0) is 14.8. The van der Waals surface area contributed by atoms with Gasteiger partial charge in [-0.05, 0) is 30.7 Å². The predicted molar refractivity (Wildman–Crippen MR) is 73.1 cm³/mol. The molecule has 1 N–H and O–H groups in total. The molecule has 0 unspecified atom stereocenters. The average molecular weight is 282 g/mol. The molecule has 0 amide bonds. The van der Waals surface area contributed by atoms with Gasteiger partial charge in [-0.15, -0.1) is 6.61 Å². The summed E-state index contributed by atoms with van der Waals surface area (Å²) in [6, 6.07) is 8.46. The monoisotopic (exact) mass is 282 g/mol. The van der Waals surface area contributed by atoms with Crippen molar-refractivity contribution in [2.45, 2.75) is 13.5 Å². The molecule has 6 heteroatoms. The van der Waals surface area contributed by atoms with Gasteiger partial charge >= 0.3 is 0 Å². The lowest BCUT2D eigenvalue weighted by molar-refractivity contribution is -0.386. The van der Waals surface area contributed by atoms with E-state index in [1.165, 1.54) is 0 Å². The molecule has 3 rings (SSSR count). The first kappa shape index (κ1) is 13.3. The normalized spacial score (nSPS) is 10.8. The number of hydrogen-bond donors (Lipinski definition) is 1. The van der Waals surface area contributed by atoms with Crippen LogP contribution >= 0.6 is 0 Å². The van der Waals surface area contributed by atoms with Crippen LogP contribution in [0.5, 0.6) is 5.75 Å². The third kappa shape index (κ3) is 2.48. The Bertz CT molecular complexity index is 783. The van der Waals surface area contributed by atoms with E-state index in [2.05, 4.69) is 15.1 Å². The van der Waals surface area contributed by atoms with Gasteiger partial charge in [-0.25, -0.2) is 0 Å². The van der Waals surface area contributed by atoms with Crippen molar-refractivity contribution in [1.29, 1.82) is 0 Å². The molecule has 0 saturated heterocycles. The standard InChI is InChI=1S/C15H12N3O3/c1-9-4-5-12(20)11(7-9)15-17-14(18-21-15)13-10(8-19)3-2-6-16-13/h2-7,20H,8H2,1H3/q-1. The van der Waals surface area contributed by atoms with Crippen LogP contribution < -0.4 is 5.11 Å². The van der Waals surface area contributed by atoms with Crippen LogP contribution in [0.25, 0.3) is 23.0 Å². The molecule has 21 heavy (non-hydrogen) atoms. The maximum absolute atomic E-state index is 11.1. The molecule has 0 spiro atoms. The molecule has 0 radical (unpaired) electrons. The summed E-state index contributed by atoms with van der Waals surface area (Å²) < 4.78 is 5.18. The number of hydrogen-bond acceptors (Lipinski definition) is 6. The van der Waals surface area contributed by atoms with Gasteiger partial charge in [-0.2, -0.15) is 4.98 Å². The van der Waals surface area contributed by atoms with Gasteiger partial charge in [0.2, 0.25) is 5.82 Å². The number of phenolic OH excluding ortho intramolecular Hbond substituents is 1. The van der Waals surface area contributed by atoms with Gasteiger partial charge in [-0.1, -0.05) is 22.9 Å². The molecule has 0 aliphatic rings. The van der Waals surface area contributed by atoms with E-state index < -0.39 is 6.61 Å². The Morgan fingerprint density at radius 1 is 1.29 bits per heavy atom. The molecule has 2 heterocycles. The molecular weight excluding hydrogens is 270 g/mol. The summed E-state index contributed by atoms with van der Waals surface area (Å²) in [6.07, 6.45) is 1.56. The van der Waals surface area contributed by atoms with E-state index in [0.717, 1.165) is 5.56 Å². The molecular formula is C15H12N3O3-. The zero-order valence-corrected chi connectivity index (χ0v) is 11.3. The lowest BCUT2D eigenvalue weighted by Gasteiger charge is -2.06.